The van der Waals surface area contributed by atoms with Gasteiger partial charge in [-0.1, -0.05) is 37.1 Å². The first-order chi connectivity index (χ1) is 12.8. The van der Waals surface area contributed by atoms with E-state index in [0.717, 1.165) is 41.4 Å². The maximum Gasteiger partial charge on any atom is 0.159 e. The van der Waals surface area contributed by atoms with E-state index in [1.54, 1.807) is 12.4 Å². The number of nitrogens with zero attached hydrogens (tertiary/aromatic N) is 5. The molecule has 132 valence electrons. The van der Waals surface area contributed by atoms with E-state index < -0.39 is 0 Å². The fraction of sp³-hybridized carbons (Fsp3) is 0.263. The Morgan fingerprint density at radius 3 is 2.96 bits per heavy atom. The molecule has 0 aliphatic carbocycles. The maximum atomic E-state index is 6.19. The molecule has 2 aromatic heterocycles. The quantitative estimate of drug-likeness (QED) is 0.507. The molecule has 3 heterocycles. The van der Waals surface area contributed by atoms with E-state index in [-0.39, 0.29) is 0 Å². The molecule has 4 rings (SSSR count). The first-order valence-electron chi connectivity index (χ1n) is 8.60. The Labute approximate surface area is 156 Å². The Bertz CT molecular complexity index is 966. The number of unbranched alkanes of at least 4 members (excludes halogenated alkanes) is 1. The molecule has 0 fully saturated rings. The minimum absolute atomic E-state index is 0.409. The van der Waals surface area contributed by atoms with Gasteiger partial charge in [-0.15, -0.1) is 10.2 Å². The number of aliphatic imine (C=N–C) groups is 1. The molecule has 6 nitrogen and oxygen atoms in total. The lowest BCUT2D eigenvalue weighted by molar-refractivity contribution is 0.309. The molecule has 0 radical (unpaired) electrons. The molecule has 1 aliphatic rings. The van der Waals surface area contributed by atoms with E-state index >= 15 is 0 Å². The number of hydrogen-bond donors (Lipinski definition) is 0. The van der Waals surface area contributed by atoms with Crippen LogP contribution in [0.3, 0.4) is 0 Å². The molecule has 7 heteroatoms. The van der Waals surface area contributed by atoms with Gasteiger partial charge in [0.25, 0.3) is 0 Å². The van der Waals surface area contributed by atoms with E-state index in [4.69, 9.17) is 21.3 Å². The van der Waals surface area contributed by atoms with Crippen molar-refractivity contribution in [3.05, 3.63) is 65.0 Å². The van der Waals surface area contributed by atoms with Gasteiger partial charge in [0.1, 0.15) is 29.5 Å². The highest BCUT2D eigenvalue weighted by molar-refractivity contribution is 6.30. The Balaban J connectivity index is 1.84. The monoisotopic (exact) mass is 367 g/mol. The number of fused-ring (bicyclic) bond motifs is 3. The van der Waals surface area contributed by atoms with Crippen LogP contribution in [0, 0.1) is 0 Å². The maximum absolute atomic E-state index is 6.19. The molecular weight excluding hydrogens is 350 g/mol. The van der Waals surface area contributed by atoms with Crippen molar-refractivity contribution < 1.29 is 4.74 Å². The summed E-state index contributed by atoms with van der Waals surface area (Å²) < 4.78 is 7.90. The average molecular weight is 368 g/mol. The van der Waals surface area contributed by atoms with Crippen molar-refractivity contribution in [3.8, 4) is 11.4 Å². The lowest BCUT2D eigenvalue weighted by Gasteiger charge is -2.14. The molecule has 1 aromatic carbocycles. The van der Waals surface area contributed by atoms with Gasteiger partial charge in [0, 0.05) is 5.56 Å². The molecule has 0 saturated carbocycles. The Morgan fingerprint density at radius 2 is 2.08 bits per heavy atom. The number of pyridine rings is 1. The van der Waals surface area contributed by atoms with Gasteiger partial charge in [-0.3, -0.25) is 9.56 Å². The second kappa shape index (κ2) is 7.25. The SMILES string of the molecule is CCCCOc1ccccc1C1=NCc2nncn2-c2ccc(Cl)nc21. The standard InChI is InChI=1S/C19H18ClN5O/c1-2-3-10-26-15-7-5-4-6-13(15)18-19-14(8-9-16(20)23-19)25-12-22-24-17(25)11-21-18/h4-9,12H,2-3,10-11H2,1H3. The van der Waals surface area contributed by atoms with Crippen molar-refractivity contribution in [2.45, 2.75) is 26.3 Å². The van der Waals surface area contributed by atoms with E-state index in [1.807, 2.05) is 34.9 Å². The molecule has 0 amide bonds. The molecule has 1 aliphatic heterocycles. The van der Waals surface area contributed by atoms with Gasteiger partial charge in [0.05, 0.1) is 18.0 Å². The molecule has 3 aromatic rings. The van der Waals surface area contributed by atoms with Gasteiger partial charge in [-0.05, 0) is 30.7 Å². The minimum Gasteiger partial charge on any atom is -0.493 e. The number of aromatic nitrogens is 4. The molecule has 0 N–H and O–H groups in total. The summed E-state index contributed by atoms with van der Waals surface area (Å²) in [6.07, 6.45) is 3.76. The Hall–Kier alpha value is -2.73. The number of benzene rings is 1. The molecule has 0 saturated heterocycles. The number of rotatable bonds is 5. The van der Waals surface area contributed by atoms with Crippen LogP contribution in [0.15, 0.2) is 47.7 Å². The Kier molecular flexibility index (Phi) is 4.67. The highest BCUT2D eigenvalue weighted by Gasteiger charge is 2.23. The fourth-order valence-corrected chi connectivity index (χ4v) is 3.06. The first kappa shape index (κ1) is 16.7. The summed E-state index contributed by atoms with van der Waals surface area (Å²) >= 11 is 6.19. The van der Waals surface area contributed by atoms with Gasteiger partial charge in [-0.2, -0.15) is 0 Å². The summed E-state index contributed by atoms with van der Waals surface area (Å²) in [5.74, 6) is 1.56. The van der Waals surface area contributed by atoms with E-state index in [1.165, 1.54) is 0 Å². The van der Waals surface area contributed by atoms with Crippen LogP contribution >= 0.6 is 11.6 Å². The zero-order chi connectivity index (χ0) is 17.9. The van der Waals surface area contributed by atoms with Gasteiger partial charge in [-0.25, -0.2) is 4.98 Å². The third-order valence-corrected chi connectivity index (χ3v) is 4.43. The van der Waals surface area contributed by atoms with Crippen LogP contribution in [0.5, 0.6) is 5.75 Å². The highest BCUT2D eigenvalue weighted by atomic mass is 35.5. The van der Waals surface area contributed by atoms with Crippen molar-refractivity contribution in [2.75, 3.05) is 6.61 Å². The predicted molar refractivity (Wildman–Crippen MR) is 100 cm³/mol. The second-order valence-corrected chi connectivity index (χ2v) is 6.37. The summed E-state index contributed by atoms with van der Waals surface area (Å²) in [5, 5.41) is 8.57. The van der Waals surface area contributed by atoms with Crippen molar-refractivity contribution >= 4 is 17.3 Å². The van der Waals surface area contributed by atoms with Crippen LogP contribution in [0.4, 0.5) is 0 Å². The molecule has 0 bridgehead atoms. The van der Waals surface area contributed by atoms with Crippen LogP contribution in [0.2, 0.25) is 5.15 Å². The first-order valence-corrected chi connectivity index (χ1v) is 8.98. The molecule has 0 unspecified atom stereocenters. The zero-order valence-electron chi connectivity index (χ0n) is 14.4. The fourth-order valence-electron chi connectivity index (χ4n) is 2.92. The van der Waals surface area contributed by atoms with E-state index in [9.17, 15) is 0 Å². The highest BCUT2D eigenvalue weighted by Crippen LogP contribution is 2.28. The lowest BCUT2D eigenvalue weighted by atomic mass is 10.0. The third kappa shape index (κ3) is 3.08. The summed E-state index contributed by atoms with van der Waals surface area (Å²) in [6, 6.07) is 11.6. The number of ether oxygens (including phenoxy) is 1. The summed E-state index contributed by atoms with van der Waals surface area (Å²) in [5.41, 5.74) is 3.20. The van der Waals surface area contributed by atoms with Crippen molar-refractivity contribution in [2.24, 2.45) is 4.99 Å². The third-order valence-electron chi connectivity index (χ3n) is 4.22. The molecule has 26 heavy (non-hydrogen) atoms. The number of para-hydroxylation sites is 1. The lowest BCUT2D eigenvalue weighted by Crippen LogP contribution is -2.12. The van der Waals surface area contributed by atoms with E-state index in [2.05, 4.69) is 22.1 Å². The Morgan fingerprint density at radius 1 is 1.19 bits per heavy atom. The van der Waals surface area contributed by atoms with Crippen molar-refractivity contribution in [1.82, 2.24) is 19.7 Å². The largest absolute Gasteiger partial charge is 0.493 e. The molecule has 0 atom stereocenters. The van der Waals surface area contributed by atoms with Crippen LogP contribution in [0.25, 0.3) is 5.69 Å². The summed E-state index contributed by atoms with van der Waals surface area (Å²) in [4.78, 5) is 9.32. The van der Waals surface area contributed by atoms with Gasteiger partial charge in [0.15, 0.2) is 5.82 Å². The summed E-state index contributed by atoms with van der Waals surface area (Å²) in [7, 11) is 0. The number of hydrogen-bond acceptors (Lipinski definition) is 5. The van der Waals surface area contributed by atoms with E-state index in [0.29, 0.717) is 24.0 Å². The predicted octanol–water partition coefficient (Wildman–Crippen LogP) is 3.85. The van der Waals surface area contributed by atoms with Crippen LogP contribution < -0.4 is 4.74 Å². The zero-order valence-corrected chi connectivity index (χ0v) is 15.1. The van der Waals surface area contributed by atoms with Crippen LogP contribution in [0.1, 0.15) is 36.8 Å². The molecular formula is C19H18ClN5O. The average Bonchev–Trinajstić information content (AvgIpc) is 3.06. The van der Waals surface area contributed by atoms with Crippen LogP contribution in [-0.4, -0.2) is 32.1 Å². The number of halogens is 1. The van der Waals surface area contributed by atoms with Crippen molar-refractivity contribution in [3.63, 3.8) is 0 Å². The van der Waals surface area contributed by atoms with Crippen molar-refractivity contribution in [1.29, 1.82) is 0 Å². The van der Waals surface area contributed by atoms with Gasteiger partial charge >= 0.3 is 0 Å². The topological polar surface area (TPSA) is 65.2 Å². The normalized spacial score (nSPS) is 12.8. The van der Waals surface area contributed by atoms with Gasteiger partial charge in [0.2, 0.25) is 0 Å². The minimum atomic E-state index is 0.409. The van der Waals surface area contributed by atoms with Crippen LogP contribution in [-0.2, 0) is 6.54 Å². The summed E-state index contributed by atoms with van der Waals surface area (Å²) in [6.45, 7) is 3.22. The van der Waals surface area contributed by atoms with Gasteiger partial charge < -0.3 is 4.74 Å². The smallest absolute Gasteiger partial charge is 0.159 e. The molecule has 0 spiro atoms. The second-order valence-electron chi connectivity index (χ2n) is 5.98.